The highest BCUT2D eigenvalue weighted by Gasteiger charge is 2.16. The molecule has 6 nitrogen and oxygen atoms in total. The van der Waals surface area contributed by atoms with Crippen molar-refractivity contribution in [3.63, 3.8) is 0 Å². The second-order valence-corrected chi connectivity index (χ2v) is 8.55. The Morgan fingerprint density at radius 2 is 1.71 bits per heavy atom. The molecule has 7 heteroatoms. The van der Waals surface area contributed by atoms with E-state index >= 15 is 0 Å². The molecule has 4 aromatic rings. The molecule has 0 saturated carbocycles. The summed E-state index contributed by atoms with van der Waals surface area (Å²) in [6, 6.07) is 18.1. The van der Waals surface area contributed by atoms with Crippen LogP contribution in [0.4, 0.5) is 5.69 Å². The highest BCUT2D eigenvalue weighted by molar-refractivity contribution is 7.99. The molecule has 0 spiro atoms. The van der Waals surface area contributed by atoms with Gasteiger partial charge in [0.2, 0.25) is 11.1 Å². The normalized spacial score (nSPS) is 11.1. The number of carbonyl (C=O) groups excluding carboxylic acids is 1. The number of nitrogens with zero attached hydrogens (tertiary/aromatic N) is 5. The van der Waals surface area contributed by atoms with Gasteiger partial charge in [0.15, 0.2) is 0 Å². The first-order chi connectivity index (χ1) is 14.9. The van der Waals surface area contributed by atoms with Crippen LogP contribution in [0.15, 0.2) is 59.8 Å². The maximum atomic E-state index is 12.6. The SMILES string of the molecule is Cc1ccc(Cc2c(C)nc3nc(SCC(=O)N(C)c4ccccc4)nn3c2C)cc1. The van der Waals surface area contributed by atoms with Crippen molar-refractivity contribution in [2.75, 3.05) is 17.7 Å². The average molecular weight is 432 g/mol. The van der Waals surface area contributed by atoms with Crippen LogP contribution < -0.4 is 4.90 Å². The average Bonchev–Trinajstić information content (AvgIpc) is 3.19. The molecule has 1 amide bonds. The number of fused-ring (bicyclic) bond motifs is 1. The topological polar surface area (TPSA) is 63.4 Å². The minimum atomic E-state index is -0.00372. The predicted octanol–water partition coefficient (Wildman–Crippen LogP) is 4.40. The Kier molecular flexibility index (Phi) is 6.04. The molecule has 0 radical (unpaired) electrons. The second kappa shape index (κ2) is 8.89. The van der Waals surface area contributed by atoms with Crippen LogP contribution in [-0.2, 0) is 11.2 Å². The number of rotatable bonds is 6. The van der Waals surface area contributed by atoms with E-state index < -0.39 is 0 Å². The van der Waals surface area contributed by atoms with Gasteiger partial charge >= 0.3 is 0 Å². The lowest BCUT2D eigenvalue weighted by atomic mass is 10.0. The van der Waals surface area contributed by atoms with Crippen molar-refractivity contribution in [1.29, 1.82) is 0 Å². The fourth-order valence-electron chi connectivity index (χ4n) is 3.44. The lowest BCUT2D eigenvalue weighted by molar-refractivity contribution is -0.115. The van der Waals surface area contributed by atoms with Gasteiger partial charge in [-0.05, 0) is 44.0 Å². The number of benzene rings is 2. The van der Waals surface area contributed by atoms with E-state index in [9.17, 15) is 4.79 Å². The molecular formula is C24H25N5OS. The molecular weight excluding hydrogens is 406 g/mol. The third-order valence-electron chi connectivity index (χ3n) is 5.37. The van der Waals surface area contributed by atoms with Gasteiger partial charge in [-0.25, -0.2) is 9.50 Å². The van der Waals surface area contributed by atoms with E-state index in [1.54, 1.807) is 16.5 Å². The Labute approximate surface area is 186 Å². The van der Waals surface area contributed by atoms with Gasteiger partial charge in [0, 0.05) is 30.5 Å². The summed E-state index contributed by atoms with van der Waals surface area (Å²) in [4.78, 5) is 23.4. The van der Waals surface area contributed by atoms with Crippen LogP contribution in [0.1, 0.15) is 28.1 Å². The Morgan fingerprint density at radius 3 is 2.42 bits per heavy atom. The van der Waals surface area contributed by atoms with Crippen LogP contribution in [0.2, 0.25) is 0 Å². The highest BCUT2D eigenvalue weighted by atomic mass is 32.2. The molecule has 4 rings (SSSR count). The molecule has 0 unspecified atom stereocenters. The van der Waals surface area contributed by atoms with E-state index in [2.05, 4.69) is 46.3 Å². The summed E-state index contributed by atoms with van der Waals surface area (Å²) >= 11 is 1.33. The summed E-state index contributed by atoms with van der Waals surface area (Å²) < 4.78 is 1.78. The number of anilines is 1. The van der Waals surface area contributed by atoms with Crippen molar-refractivity contribution in [3.8, 4) is 0 Å². The van der Waals surface area contributed by atoms with E-state index in [0.717, 1.165) is 29.1 Å². The van der Waals surface area contributed by atoms with E-state index in [4.69, 9.17) is 0 Å². The standard InChI is InChI=1S/C24H25N5OS/c1-16-10-12-19(13-11-16)14-21-17(2)25-23-26-24(27-29(23)18(21)3)31-15-22(30)28(4)20-8-6-5-7-9-20/h5-13H,14-15H2,1-4H3. The molecule has 0 aliphatic rings. The second-order valence-electron chi connectivity index (χ2n) is 7.61. The zero-order chi connectivity index (χ0) is 22.0. The first-order valence-electron chi connectivity index (χ1n) is 10.1. The molecule has 31 heavy (non-hydrogen) atoms. The number of amides is 1. The molecule has 2 aromatic carbocycles. The molecule has 158 valence electrons. The van der Waals surface area contributed by atoms with Crippen LogP contribution in [-0.4, -0.2) is 38.3 Å². The van der Waals surface area contributed by atoms with Crippen molar-refractivity contribution in [3.05, 3.63) is 82.7 Å². The lowest BCUT2D eigenvalue weighted by Crippen LogP contribution is -2.27. The third-order valence-corrected chi connectivity index (χ3v) is 6.20. The van der Waals surface area contributed by atoms with Gasteiger partial charge in [-0.1, -0.05) is 59.8 Å². The molecule has 0 bridgehead atoms. The van der Waals surface area contributed by atoms with E-state index in [0.29, 0.717) is 10.9 Å². The molecule has 2 aromatic heterocycles. The summed E-state index contributed by atoms with van der Waals surface area (Å²) in [5.41, 5.74) is 6.48. The van der Waals surface area contributed by atoms with Crippen molar-refractivity contribution in [2.45, 2.75) is 32.3 Å². The maximum Gasteiger partial charge on any atom is 0.253 e. The molecule has 0 fully saturated rings. The Morgan fingerprint density at radius 1 is 1.00 bits per heavy atom. The number of hydrogen-bond acceptors (Lipinski definition) is 5. The van der Waals surface area contributed by atoms with Crippen molar-refractivity contribution >= 4 is 29.1 Å². The fourth-order valence-corrected chi connectivity index (χ4v) is 4.17. The lowest BCUT2D eigenvalue weighted by Gasteiger charge is -2.16. The van der Waals surface area contributed by atoms with Gasteiger partial charge in [-0.3, -0.25) is 4.79 Å². The van der Waals surface area contributed by atoms with E-state index in [-0.39, 0.29) is 11.7 Å². The van der Waals surface area contributed by atoms with Gasteiger partial charge in [0.25, 0.3) is 5.78 Å². The summed E-state index contributed by atoms with van der Waals surface area (Å²) in [6.45, 7) is 6.14. The van der Waals surface area contributed by atoms with E-state index in [1.807, 2.05) is 44.2 Å². The van der Waals surface area contributed by atoms with Gasteiger partial charge in [0.1, 0.15) is 0 Å². The van der Waals surface area contributed by atoms with Crippen molar-refractivity contribution in [1.82, 2.24) is 19.6 Å². The fraction of sp³-hybridized carbons (Fsp3) is 0.250. The Balaban J connectivity index is 1.52. The number of aromatic nitrogens is 4. The quantitative estimate of drug-likeness (QED) is 0.424. The number of hydrogen-bond donors (Lipinski definition) is 0. The maximum absolute atomic E-state index is 12.6. The highest BCUT2D eigenvalue weighted by Crippen LogP contribution is 2.22. The van der Waals surface area contributed by atoms with Crippen LogP contribution in [0.3, 0.4) is 0 Å². The molecule has 0 saturated heterocycles. The molecule has 0 N–H and O–H groups in total. The van der Waals surface area contributed by atoms with Gasteiger partial charge in [-0.2, -0.15) is 4.98 Å². The smallest absolute Gasteiger partial charge is 0.253 e. The van der Waals surface area contributed by atoms with Gasteiger partial charge in [0.05, 0.1) is 5.75 Å². The third kappa shape index (κ3) is 4.61. The summed E-state index contributed by atoms with van der Waals surface area (Å²) in [5, 5.41) is 5.16. The molecule has 0 aliphatic carbocycles. The number of aryl methyl sites for hydroxylation is 3. The Bertz CT molecular complexity index is 1220. The zero-order valence-corrected chi connectivity index (χ0v) is 19.0. The Hall–Kier alpha value is -3.19. The number of thioether (sulfide) groups is 1. The zero-order valence-electron chi connectivity index (χ0n) is 18.2. The molecule has 0 aliphatic heterocycles. The van der Waals surface area contributed by atoms with E-state index in [1.165, 1.54) is 22.9 Å². The first-order valence-corrected chi connectivity index (χ1v) is 11.1. The summed E-state index contributed by atoms with van der Waals surface area (Å²) in [7, 11) is 1.78. The monoisotopic (exact) mass is 431 g/mol. The first kappa shape index (κ1) is 21.1. The van der Waals surface area contributed by atoms with Gasteiger partial charge in [-0.15, -0.1) is 5.10 Å². The predicted molar refractivity (Wildman–Crippen MR) is 125 cm³/mol. The minimum absolute atomic E-state index is 0.00372. The van der Waals surface area contributed by atoms with Crippen LogP contribution in [0.25, 0.3) is 5.78 Å². The van der Waals surface area contributed by atoms with Crippen LogP contribution in [0, 0.1) is 20.8 Å². The van der Waals surface area contributed by atoms with Crippen molar-refractivity contribution < 1.29 is 4.79 Å². The minimum Gasteiger partial charge on any atom is -0.315 e. The van der Waals surface area contributed by atoms with Crippen molar-refractivity contribution in [2.24, 2.45) is 0 Å². The number of carbonyl (C=O) groups is 1. The largest absolute Gasteiger partial charge is 0.315 e. The van der Waals surface area contributed by atoms with Crippen LogP contribution in [0.5, 0.6) is 0 Å². The molecule has 0 atom stereocenters. The van der Waals surface area contributed by atoms with Crippen LogP contribution >= 0.6 is 11.8 Å². The summed E-state index contributed by atoms with van der Waals surface area (Å²) in [6.07, 6.45) is 0.795. The molecule has 2 heterocycles. The van der Waals surface area contributed by atoms with Gasteiger partial charge < -0.3 is 4.90 Å². The summed E-state index contributed by atoms with van der Waals surface area (Å²) in [5.74, 6) is 0.821. The number of para-hydroxylation sites is 1.